The predicted octanol–water partition coefficient (Wildman–Crippen LogP) is 3.85. The minimum Gasteiger partial charge on any atom is -0.355 e. The molecule has 0 saturated carbocycles. The van der Waals surface area contributed by atoms with E-state index in [9.17, 15) is 13.2 Å². The summed E-state index contributed by atoms with van der Waals surface area (Å²) in [5.41, 5.74) is 3.46. The highest BCUT2D eigenvalue weighted by atomic mass is 32.2. The van der Waals surface area contributed by atoms with Gasteiger partial charge in [0.15, 0.2) is 0 Å². The molecule has 0 atom stereocenters. The van der Waals surface area contributed by atoms with E-state index in [1.165, 1.54) is 4.31 Å². The number of aryl methyl sites for hydroxylation is 2. The van der Waals surface area contributed by atoms with E-state index in [-0.39, 0.29) is 23.9 Å². The predicted molar refractivity (Wildman–Crippen MR) is 123 cm³/mol. The second-order valence-corrected chi connectivity index (χ2v) is 9.52. The summed E-state index contributed by atoms with van der Waals surface area (Å²) in [4.78, 5) is 12.9. The van der Waals surface area contributed by atoms with Gasteiger partial charge in [0.1, 0.15) is 0 Å². The van der Waals surface area contributed by atoms with Crippen molar-refractivity contribution in [1.29, 1.82) is 0 Å². The first-order valence-corrected chi connectivity index (χ1v) is 11.7. The molecule has 0 aromatic heterocycles. The lowest BCUT2D eigenvalue weighted by molar-refractivity contribution is -0.121. The number of hydrogen-bond acceptors (Lipinski definition) is 3. The van der Waals surface area contributed by atoms with Gasteiger partial charge in [0.2, 0.25) is 15.9 Å². The van der Waals surface area contributed by atoms with Crippen molar-refractivity contribution >= 4 is 15.9 Å². The molecule has 6 heteroatoms. The lowest BCUT2D eigenvalue weighted by Gasteiger charge is -2.23. The molecule has 162 valence electrons. The fourth-order valence-electron chi connectivity index (χ4n) is 3.34. The summed E-state index contributed by atoms with van der Waals surface area (Å²) in [6, 6.07) is 24.5. The van der Waals surface area contributed by atoms with Crippen LogP contribution in [0.1, 0.15) is 22.3 Å². The number of carbonyl (C=O) groups is 1. The second kappa shape index (κ2) is 10.4. The summed E-state index contributed by atoms with van der Waals surface area (Å²) in [6.07, 6.45) is 0.689. The molecule has 0 saturated heterocycles. The van der Waals surface area contributed by atoms with Crippen molar-refractivity contribution in [3.05, 3.63) is 101 Å². The van der Waals surface area contributed by atoms with Crippen molar-refractivity contribution < 1.29 is 13.2 Å². The van der Waals surface area contributed by atoms with E-state index in [1.807, 2.05) is 73.7 Å². The molecule has 1 N–H and O–H groups in total. The van der Waals surface area contributed by atoms with E-state index in [0.29, 0.717) is 18.5 Å². The maximum Gasteiger partial charge on any atom is 0.244 e. The zero-order valence-electron chi connectivity index (χ0n) is 17.9. The minimum absolute atomic E-state index is 0.128. The molecule has 3 aromatic rings. The lowest BCUT2D eigenvalue weighted by atomic mass is 10.1. The molecule has 1 amide bonds. The van der Waals surface area contributed by atoms with Crippen LogP contribution in [-0.4, -0.2) is 31.7 Å². The van der Waals surface area contributed by atoms with Gasteiger partial charge in [-0.05, 0) is 48.6 Å². The van der Waals surface area contributed by atoms with Gasteiger partial charge in [0.25, 0.3) is 0 Å². The van der Waals surface area contributed by atoms with Gasteiger partial charge < -0.3 is 5.32 Å². The van der Waals surface area contributed by atoms with E-state index < -0.39 is 10.0 Å². The molecule has 0 unspecified atom stereocenters. The molecule has 0 aliphatic rings. The number of benzene rings is 3. The van der Waals surface area contributed by atoms with Crippen molar-refractivity contribution in [2.45, 2.75) is 31.7 Å². The Labute approximate surface area is 184 Å². The van der Waals surface area contributed by atoms with Gasteiger partial charge in [-0.25, -0.2) is 8.42 Å². The zero-order chi connectivity index (χ0) is 22.3. The zero-order valence-corrected chi connectivity index (χ0v) is 18.7. The lowest BCUT2D eigenvalue weighted by Crippen LogP contribution is -2.41. The van der Waals surface area contributed by atoms with Crippen LogP contribution in [0.15, 0.2) is 83.8 Å². The molecule has 3 rings (SSSR count). The Balaban J connectivity index is 1.77. The Morgan fingerprint density at radius 3 is 2.13 bits per heavy atom. The summed E-state index contributed by atoms with van der Waals surface area (Å²) in [5.74, 6) is -0.319. The topological polar surface area (TPSA) is 66.5 Å². The molecular weight excluding hydrogens is 408 g/mol. The number of sulfonamides is 1. The average molecular weight is 437 g/mol. The van der Waals surface area contributed by atoms with Gasteiger partial charge in [0.05, 0.1) is 11.4 Å². The fourth-order valence-corrected chi connectivity index (χ4v) is 5.04. The van der Waals surface area contributed by atoms with Crippen LogP contribution in [0.25, 0.3) is 0 Å². The summed E-state index contributed by atoms with van der Waals surface area (Å²) in [5, 5.41) is 2.85. The van der Waals surface area contributed by atoms with E-state index in [4.69, 9.17) is 0 Å². The molecular formula is C25H28N2O3S. The molecule has 31 heavy (non-hydrogen) atoms. The number of hydrogen-bond donors (Lipinski definition) is 1. The van der Waals surface area contributed by atoms with Crippen LogP contribution in [0.4, 0.5) is 0 Å². The summed E-state index contributed by atoms with van der Waals surface area (Å²) >= 11 is 0. The maximum atomic E-state index is 13.5. The Morgan fingerprint density at radius 2 is 1.48 bits per heavy atom. The van der Waals surface area contributed by atoms with Gasteiger partial charge in [0, 0.05) is 13.1 Å². The molecule has 0 bridgehead atoms. The first-order chi connectivity index (χ1) is 14.9. The smallest absolute Gasteiger partial charge is 0.244 e. The van der Waals surface area contributed by atoms with Gasteiger partial charge >= 0.3 is 0 Å². The number of amides is 1. The van der Waals surface area contributed by atoms with E-state index in [1.54, 1.807) is 19.1 Å². The molecule has 0 aliphatic carbocycles. The van der Waals surface area contributed by atoms with Gasteiger partial charge in [-0.1, -0.05) is 72.8 Å². The summed E-state index contributed by atoms with van der Waals surface area (Å²) < 4.78 is 28.2. The molecule has 0 radical (unpaired) electrons. The van der Waals surface area contributed by atoms with Crippen molar-refractivity contribution in [2.75, 3.05) is 13.1 Å². The number of nitrogens with one attached hydrogen (secondary N) is 1. The second-order valence-electron chi connectivity index (χ2n) is 7.61. The van der Waals surface area contributed by atoms with Crippen LogP contribution in [0, 0.1) is 13.8 Å². The van der Waals surface area contributed by atoms with Gasteiger partial charge in [-0.2, -0.15) is 4.31 Å². The third-order valence-corrected chi connectivity index (χ3v) is 7.00. The monoisotopic (exact) mass is 436 g/mol. The van der Waals surface area contributed by atoms with Crippen molar-refractivity contribution in [3.8, 4) is 0 Å². The minimum atomic E-state index is -3.85. The maximum absolute atomic E-state index is 13.5. The van der Waals surface area contributed by atoms with Crippen molar-refractivity contribution in [2.24, 2.45) is 0 Å². The van der Waals surface area contributed by atoms with Crippen LogP contribution >= 0.6 is 0 Å². The molecule has 0 spiro atoms. The van der Waals surface area contributed by atoms with Crippen LogP contribution in [0.5, 0.6) is 0 Å². The Hall–Kier alpha value is -2.96. The highest BCUT2D eigenvalue weighted by molar-refractivity contribution is 7.89. The third-order valence-electron chi connectivity index (χ3n) is 5.06. The van der Waals surface area contributed by atoms with Crippen LogP contribution in [-0.2, 0) is 27.8 Å². The quantitative estimate of drug-likeness (QED) is 0.554. The van der Waals surface area contributed by atoms with Gasteiger partial charge in [-0.3, -0.25) is 4.79 Å². The Morgan fingerprint density at radius 1 is 0.871 bits per heavy atom. The van der Waals surface area contributed by atoms with E-state index >= 15 is 0 Å². The molecule has 0 heterocycles. The third kappa shape index (κ3) is 6.26. The SMILES string of the molecule is Cc1ccc(C)c(S(=O)(=O)N(CC(=O)NCCc2ccccc2)Cc2ccccc2)c1. The van der Waals surface area contributed by atoms with Crippen molar-refractivity contribution in [1.82, 2.24) is 9.62 Å². The average Bonchev–Trinajstić information content (AvgIpc) is 2.76. The normalized spacial score (nSPS) is 11.5. The largest absolute Gasteiger partial charge is 0.355 e. The summed E-state index contributed by atoms with van der Waals surface area (Å²) in [7, 11) is -3.85. The Bertz CT molecular complexity index is 1110. The van der Waals surface area contributed by atoms with Crippen molar-refractivity contribution in [3.63, 3.8) is 0 Å². The molecule has 3 aromatic carbocycles. The first-order valence-electron chi connectivity index (χ1n) is 10.3. The van der Waals surface area contributed by atoms with Crippen LogP contribution < -0.4 is 5.32 Å². The molecule has 0 fully saturated rings. The van der Waals surface area contributed by atoms with E-state index in [2.05, 4.69) is 5.32 Å². The fraction of sp³-hybridized carbons (Fsp3) is 0.240. The number of carbonyl (C=O) groups excluding carboxylic acids is 1. The molecule has 0 aliphatic heterocycles. The summed E-state index contributed by atoms with van der Waals surface area (Å²) in [6.45, 7) is 3.97. The van der Waals surface area contributed by atoms with Crippen LogP contribution in [0.3, 0.4) is 0 Å². The highest BCUT2D eigenvalue weighted by Gasteiger charge is 2.28. The Kier molecular flexibility index (Phi) is 7.60. The molecule has 5 nitrogen and oxygen atoms in total. The number of rotatable bonds is 9. The number of nitrogens with zero attached hydrogens (tertiary/aromatic N) is 1. The highest BCUT2D eigenvalue weighted by Crippen LogP contribution is 2.23. The standard InChI is InChI=1S/C25H28N2O3S/c1-20-13-14-21(2)24(17-20)31(29,30)27(18-23-11-7-4-8-12-23)19-25(28)26-16-15-22-9-5-3-6-10-22/h3-14,17H,15-16,18-19H2,1-2H3,(H,26,28). The van der Waals surface area contributed by atoms with Gasteiger partial charge in [-0.15, -0.1) is 0 Å². The van der Waals surface area contributed by atoms with E-state index in [0.717, 1.165) is 16.7 Å². The first kappa shape index (κ1) is 22.7. The van der Waals surface area contributed by atoms with Crippen LogP contribution in [0.2, 0.25) is 0 Å².